The topological polar surface area (TPSA) is 0 Å². The Balaban J connectivity index is 2.64. The van der Waals surface area contributed by atoms with E-state index in [0.29, 0.717) is 5.92 Å². The first-order valence-electron chi connectivity index (χ1n) is 4.37. The van der Waals surface area contributed by atoms with Crippen molar-refractivity contribution in [3.8, 4) is 0 Å². The first-order valence-corrected chi connectivity index (χ1v) is 4.37. The Hall–Kier alpha value is -1.04. The highest BCUT2D eigenvalue weighted by molar-refractivity contribution is 5.25. The minimum Gasteiger partial charge on any atom is -0.0961 e. The molecule has 64 valence electrons. The molecule has 1 atom stereocenters. The fourth-order valence-corrected chi connectivity index (χ4v) is 1.41. The van der Waals surface area contributed by atoms with Gasteiger partial charge in [0.2, 0.25) is 0 Å². The Bertz CT molecular complexity index is 251. The van der Waals surface area contributed by atoms with Crippen LogP contribution in [0.5, 0.6) is 0 Å². The van der Waals surface area contributed by atoms with Crippen LogP contribution in [-0.4, -0.2) is 0 Å². The number of allylic oxidation sites excluding steroid dienone is 7. The summed E-state index contributed by atoms with van der Waals surface area (Å²) >= 11 is 0. The van der Waals surface area contributed by atoms with Crippen LogP contribution in [0.1, 0.15) is 20.3 Å². The van der Waals surface area contributed by atoms with Crippen molar-refractivity contribution in [2.45, 2.75) is 20.3 Å². The molecule has 12 heavy (non-hydrogen) atoms. The van der Waals surface area contributed by atoms with Gasteiger partial charge in [-0.3, -0.25) is 0 Å². The molecule has 0 spiro atoms. The van der Waals surface area contributed by atoms with Crippen molar-refractivity contribution in [3.05, 3.63) is 48.1 Å². The Morgan fingerprint density at radius 1 is 1.42 bits per heavy atom. The lowest BCUT2D eigenvalue weighted by Gasteiger charge is -2.13. The average molecular weight is 160 g/mol. The van der Waals surface area contributed by atoms with E-state index in [-0.39, 0.29) is 0 Å². The molecule has 1 aliphatic carbocycles. The zero-order valence-corrected chi connectivity index (χ0v) is 7.88. The summed E-state index contributed by atoms with van der Waals surface area (Å²) in [6.45, 7) is 8.07. The molecule has 0 N–H and O–H groups in total. The molecule has 0 radical (unpaired) electrons. The van der Waals surface area contributed by atoms with Crippen molar-refractivity contribution < 1.29 is 0 Å². The van der Waals surface area contributed by atoms with Crippen LogP contribution in [-0.2, 0) is 0 Å². The molecule has 0 nitrogen and oxygen atoms in total. The summed E-state index contributed by atoms with van der Waals surface area (Å²) in [5.74, 6) is 0.590. The SMILES string of the molecule is C=C(C)/C=C(\C)C1C=CC=CC1. The second kappa shape index (κ2) is 4.10. The molecule has 0 aromatic carbocycles. The lowest BCUT2D eigenvalue weighted by Crippen LogP contribution is -1.98. The quantitative estimate of drug-likeness (QED) is 0.541. The molecule has 0 saturated carbocycles. The molecule has 0 amide bonds. The van der Waals surface area contributed by atoms with Gasteiger partial charge in [0, 0.05) is 5.92 Å². The number of rotatable bonds is 2. The smallest absolute Gasteiger partial charge is 0.00149 e. The lowest BCUT2D eigenvalue weighted by molar-refractivity contribution is 0.766. The van der Waals surface area contributed by atoms with E-state index < -0.39 is 0 Å². The second-order valence-electron chi connectivity index (χ2n) is 3.39. The predicted molar refractivity (Wildman–Crippen MR) is 55.0 cm³/mol. The van der Waals surface area contributed by atoms with Crippen molar-refractivity contribution in [3.63, 3.8) is 0 Å². The van der Waals surface area contributed by atoms with Gasteiger partial charge in [0.1, 0.15) is 0 Å². The van der Waals surface area contributed by atoms with Gasteiger partial charge in [-0.05, 0) is 20.3 Å². The summed E-state index contributed by atoms with van der Waals surface area (Å²) in [5.41, 5.74) is 2.54. The summed E-state index contributed by atoms with van der Waals surface area (Å²) in [7, 11) is 0. The molecule has 0 saturated heterocycles. The maximum atomic E-state index is 3.87. The van der Waals surface area contributed by atoms with Crippen LogP contribution in [0.25, 0.3) is 0 Å². The molecule has 1 rings (SSSR count). The number of hydrogen-bond donors (Lipinski definition) is 0. The van der Waals surface area contributed by atoms with Gasteiger partial charge >= 0.3 is 0 Å². The third kappa shape index (κ3) is 2.54. The molecule has 0 bridgehead atoms. The van der Waals surface area contributed by atoms with Crippen LogP contribution in [0.3, 0.4) is 0 Å². The largest absolute Gasteiger partial charge is 0.0961 e. The van der Waals surface area contributed by atoms with E-state index >= 15 is 0 Å². The Labute approximate surface area is 75.0 Å². The minimum atomic E-state index is 0.590. The standard InChI is InChI=1S/C12H16/c1-10(2)9-11(3)12-7-5-4-6-8-12/h4-7,9,12H,1,8H2,2-3H3/b11-9+. The third-order valence-electron chi connectivity index (χ3n) is 2.04. The van der Waals surface area contributed by atoms with E-state index in [0.717, 1.165) is 12.0 Å². The summed E-state index contributed by atoms with van der Waals surface area (Å²) < 4.78 is 0. The molecule has 0 heteroatoms. The molecule has 1 unspecified atom stereocenters. The highest BCUT2D eigenvalue weighted by Gasteiger charge is 2.06. The van der Waals surface area contributed by atoms with Gasteiger partial charge in [0.05, 0.1) is 0 Å². The number of hydrogen-bond acceptors (Lipinski definition) is 0. The molecule has 0 fully saturated rings. The summed E-state index contributed by atoms with van der Waals surface area (Å²) in [6, 6.07) is 0. The first-order chi connectivity index (χ1) is 5.70. The van der Waals surface area contributed by atoms with E-state index in [2.05, 4.69) is 43.9 Å². The Morgan fingerprint density at radius 3 is 2.67 bits per heavy atom. The zero-order valence-electron chi connectivity index (χ0n) is 7.88. The zero-order chi connectivity index (χ0) is 8.97. The fourth-order valence-electron chi connectivity index (χ4n) is 1.41. The Morgan fingerprint density at radius 2 is 2.17 bits per heavy atom. The maximum absolute atomic E-state index is 3.87. The normalized spacial score (nSPS) is 22.8. The van der Waals surface area contributed by atoms with Crippen LogP contribution in [0, 0.1) is 5.92 Å². The van der Waals surface area contributed by atoms with Gasteiger partial charge in [-0.2, -0.15) is 0 Å². The van der Waals surface area contributed by atoms with Gasteiger partial charge in [-0.15, -0.1) is 0 Å². The molecular formula is C12H16. The fraction of sp³-hybridized carbons (Fsp3) is 0.333. The predicted octanol–water partition coefficient (Wildman–Crippen LogP) is 3.64. The van der Waals surface area contributed by atoms with Crippen molar-refractivity contribution in [2.75, 3.05) is 0 Å². The molecule has 0 aliphatic heterocycles. The molecular weight excluding hydrogens is 144 g/mol. The van der Waals surface area contributed by atoms with E-state index in [1.807, 2.05) is 6.92 Å². The van der Waals surface area contributed by atoms with Gasteiger partial charge in [0.25, 0.3) is 0 Å². The molecule has 0 aromatic rings. The van der Waals surface area contributed by atoms with Gasteiger partial charge < -0.3 is 0 Å². The second-order valence-corrected chi connectivity index (χ2v) is 3.39. The summed E-state index contributed by atoms with van der Waals surface area (Å²) in [6.07, 6.45) is 12.0. The van der Waals surface area contributed by atoms with Crippen molar-refractivity contribution in [1.82, 2.24) is 0 Å². The highest BCUT2D eigenvalue weighted by Crippen LogP contribution is 2.20. The highest BCUT2D eigenvalue weighted by atomic mass is 14.1. The average Bonchev–Trinajstić information content (AvgIpc) is 2.05. The van der Waals surface area contributed by atoms with Crippen molar-refractivity contribution in [1.29, 1.82) is 0 Å². The van der Waals surface area contributed by atoms with Crippen LogP contribution >= 0.6 is 0 Å². The maximum Gasteiger partial charge on any atom is 0.00149 e. The van der Waals surface area contributed by atoms with Gasteiger partial charge in [-0.25, -0.2) is 0 Å². The van der Waals surface area contributed by atoms with E-state index in [4.69, 9.17) is 0 Å². The first kappa shape index (κ1) is 9.05. The van der Waals surface area contributed by atoms with Crippen LogP contribution in [0.2, 0.25) is 0 Å². The Kier molecular flexibility index (Phi) is 3.09. The van der Waals surface area contributed by atoms with Crippen LogP contribution in [0.15, 0.2) is 48.1 Å². The molecule has 0 aromatic heterocycles. The van der Waals surface area contributed by atoms with Gasteiger partial charge in [0.15, 0.2) is 0 Å². The molecule has 0 heterocycles. The van der Waals surface area contributed by atoms with Crippen molar-refractivity contribution in [2.24, 2.45) is 5.92 Å². The third-order valence-corrected chi connectivity index (χ3v) is 2.04. The summed E-state index contributed by atoms with van der Waals surface area (Å²) in [5, 5.41) is 0. The van der Waals surface area contributed by atoms with Crippen LogP contribution in [0.4, 0.5) is 0 Å². The van der Waals surface area contributed by atoms with E-state index in [1.165, 1.54) is 5.57 Å². The monoisotopic (exact) mass is 160 g/mol. The lowest BCUT2D eigenvalue weighted by atomic mass is 9.92. The van der Waals surface area contributed by atoms with Gasteiger partial charge in [-0.1, -0.05) is 48.1 Å². The van der Waals surface area contributed by atoms with E-state index in [1.54, 1.807) is 0 Å². The summed E-state index contributed by atoms with van der Waals surface area (Å²) in [4.78, 5) is 0. The van der Waals surface area contributed by atoms with E-state index in [9.17, 15) is 0 Å². The minimum absolute atomic E-state index is 0.590. The van der Waals surface area contributed by atoms with Crippen LogP contribution < -0.4 is 0 Å². The van der Waals surface area contributed by atoms with Crippen molar-refractivity contribution >= 4 is 0 Å². The molecule has 1 aliphatic rings.